The van der Waals surface area contributed by atoms with E-state index in [-0.39, 0.29) is 19.0 Å². The lowest BCUT2D eigenvalue weighted by atomic mass is 10.1. The molecular formula is C22H26BrN5O4. The van der Waals surface area contributed by atoms with Crippen LogP contribution >= 0.6 is 15.9 Å². The molecule has 0 radical (unpaired) electrons. The summed E-state index contributed by atoms with van der Waals surface area (Å²) < 4.78 is 6.02. The van der Waals surface area contributed by atoms with E-state index in [0.29, 0.717) is 36.5 Å². The molecule has 1 fully saturated rings. The summed E-state index contributed by atoms with van der Waals surface area (Å²) in [6.45, 7) is 1.13. The Kier molecular flexibility index (Phi) is 8.07. The molecule has 1 aliphatic heterocycles. The SMILES string of the molecule is COc1cccc(C(=O)N2CCCN(C(=O)Nc3cccc(Br)c3)C2C(=O)NCCN)c1. The molecule has 0 saturated carbocycles. The Morgan fingerprint density at radius 1 is 1.12 bits per heavy atom. The first-order chi connectivity index (χ1) is 15.4. The molecular weight excluding hydrogens is 478 g/mol. The number of benzene rings is 2. The second-order valence-corrected chi connectivity index (χ2v) is 8.09. The predicted molar refractivity (Wildman–Crippen MR) is 124 cm³/mol. The number of ether oxygens (including phenoxy) is 1. The number of carbonyl (C=O) groups excluding carboxylic acids is 3. The maximum Gasteiger partial charge on any atom is 0.323 e. The van der Waals surface area contributed by atoms with E-state index in [1.54, 1.807) is 42.5 Å². The molecule has 9 nitrogen and oxygen atoms in total. The Bertz CT molecular complexity index is 986. The Balaban J connectivity index is 1.89. The molecule has 4 N–H and O–H groups in total. The van der Waals surface area contributed by atoms with Crippen LogP contribution < -0.4 is 21.1 Å². The van der Waals surface area contributed by atoms with Gasteiger partial charge in [-0.1, -0.05) is 28.1 Å². The van der Waals surface area contributed by atoms with Gasteiger partial charge >= 0.3 is 6.03 Å². The molecule has 1 heterocycles. The highest BCUT2D eigenvalue weighted by molar-refractivity contribution is 9.10. The number of hydrogen-bond acceptors (Lipinski definition) is 5. The number of amides is 4. The van der Waals surface area contributed by atoms with E-state index in [1.807, 2.05) is 6.07 Å². The third-order valence-electron chi connectivity index (χ3n) is 4.98. The molecule has 0 bridgehead atoms. The number of halogens is 1. The van der Waals surface area contributed by atoms with Crippen molar-refractivity contribution in [3.05, 3.63) is 58.6 Å². The molecule has 32 heavy (non-hydrogen) atoms. The zero-order chi connectivity index (χ0) is 23.1. The van der Waals surface area contributed by atoms with E-state index in [9.17, 15) is 14.4 Å². The minimum Gasteiger partial charge on any atom is -0.497 e. The van der Waals surface area contributed by atoms with Gasteiger partial charge in [0.15, 0.2) is 6.17 Å². The maximum atomic E-state index is 13.3. The highest BCUT2D eigenvalue weighted by Crippen LogP contribution is 2.22. The number of nitrogens with two attached hydrogens (primary N) is 1. The van der Waals surface area contributed by atoms with Crippen LogP contribution in [0.4, 0.5) is 10.5 Å². The zero-order valence-electron chi connectivity index (χ0n) is 17.7. The van der Waals surface area contributed by atoms with Crippen LogP contribution in [0.3, 0.4) is 0 Å². The number of hydrogen-bond donors (Lipinski definition) is 3. The first-order valence-electron chi connectivity index (χ1n) is 10.2. The summed E-state index contributed by atoms with van der Waals surface area (Å²) in [6, 6.07) is 13.4. The van der Waals surface area contributed by atoms with Crippen molar-refractivity contribution in [2.24, 2.45) is 5.73 Å². The van der Waals surface area contributed by atoms with Crippen LogP contribution in [0, 0.1) is 0 Å². The Morgan fingerprint density at radius 3 is 2.59 bits per heavy atom. The molecule has 1 aliphatic rings. The van der Waals surface area contributed by atoms with Crippen LogP contribution in [0.25, 0.3) is 0 Å². The molecule has 0 spiro atoms. The molecule has 170 valence electrons. The number of urea groups is 1. The third kappa shape index (κ3) is 5.57. The molecule has 0 aromatic heterocycles. The van der Waals surface area contributed by atoms with Crippen molar-refractivity contribution in [3.63, 3.8) is 0 Å². The van der Waals surface area contributed by atoms with Crippen molar-refractivity contribution in [1.29, 1.82) is 0 Å². The molecule has 1 atom stereocenters. The molecule has 1 unspecified atom stereocenters. The van der Waals surface area contributed by atoms with Crippen LogP contribution in [-0.4, -0.2) is 67.1 Å². The number of carbonyl (C=O) groups is 3. The van der Waals surface area contributed by atoms with Gasteiger partial charge < -0.3 is 26.0 Å². The summed E-state index contributed by atoms with van der Waals surface area (Å²) in [6.07, 6.45) is -0.580. The lowest BCUT2D eigenvalue weighted by molar-refractivity contribution is -0.132. The molecule has 4 amide bonds. The van der Waals surface area contributed by atoms with Crippen LogP contribution in [0.2, 0.25) is 0 Å². The molecule has 10 heteroatoms. The molecule has 2 aromatic rings. The van der Waals surface area contributed by atoms with Gasteiger partial charge in [-0.25, -0.2) is 4.79 Å². The average molecular weight is 504 g/mol. The van der Waals surface area contributed by atoms with Crippen LogP contribution in [-0.2, 0) is 4.79 Å². The van der Waals surface area contributed by atoms with Gasteiger partial charge in [0.25, 0.3) is 11.8 Å². The minimum atomic E-state index is -1.11. The van der Waals surface area contributed by atoms with E-state index in [2.05, 4.69) is 26.6 Å². The number of methoxy groups -OCH3 is 1. The highest BCUT2D eigenvalue weighted by Gasteiger charge is 2.40. The van der Waals surface area contributed by atoms with Crippen LogP contribution in [0.15, 0.2) is 53.0 Å². The van der Waals surface area contributed by atoms with Crippen molar-refractivity contribution >= 4 is 39.5 Å². The fourth-order valence-corrected chi connectivity index (χ4v) is 3.90. The number of anilines is 1. The van der Waals surface area contributed by atoms with Gasteiger partial charge in [0.2, 0.25) is 0 Å². The second-order valence-electron chi connectivity index (χ2n) is 7.17. The quantitative estimate of drug-likeness (QED) is 0.558. The first kappa shape index (κ1) is 23.6. The van der Waals surface area contributed by atoms with E-state index in [0.717, 1.165) is 4.47 Å². The number of rotatable bonds is 6. The largest absolute Gasteiger partial charge is 0.497 e. The van der Waals surface area contributed by atoms with Crippen molar-refractivity contribution in [2.75, 3.05) is 38.6 Å². The monoisotopic (exact) mass is 503 g/mol. The lowest BCUT2D eigenvalue weighted by Crippen LogP contribution is -2.64. The van der Waals surface area contributed by atoms with Gasteiger partial charge in [0.05, 0.1) is 7.11 Å². The summed E-state index contributed by atoms with van der Waals surface area (Å²) in [5, 5.41) is 5.51. The van der Waals surface area contributed by atoms with E-state index in [1.165, 1.54) is 16.9 Å². The van der Waals surface area contributed by atoms with Crippen molar-refractivity contribution in [2.45, 2.75) is 12.6 Å². The molecule has 3 rings (SSSR count). The van der Waals surface area contributed by atoms with Gasteiger partial charge in [-0.15, -0.1) is 0 Å². The fourth-order valence-electron chi connectivity index (χ4n) is 3.50. The molecule has 0 aliphatic carbocycles. The maximum absolute atomic E-state index is 13.3. The van der Waals surface area contributed by atoms with Crippen LogP contribution in [0.5, 0.6) is 5.75 Å². The normalized spacial score (nSPS) is 15.8. The summed E-state index contributed by atoms with van der Waals surface area (Å²) in [7, 11) is 1.52. The topological polar surface area (TPSA) is 117 Å². The van der Waals surface area contributed by atoms with Gasteiger partial charge in [-0.3, -0.25) is 14.5 Å². The Morgan fingerprint density at radius 2 is 1.88 bits per heavy atom. The predicted octanol–water partition coefficient (Wildman–Crippen LogP) is 2.24. The fraction of sp³-hybridized carbons (Fsp3) is 0.318. The van der Waals surface area contributed by atoms with Crippen molar-refractivity contribution < 1.29 is 19.1 Å². The highest BCUT2D eigenvalue weighted by atomic mass is 79.9. The Labute approximate surface area is 195 Å². The van der Waals surface area contributed by atoms with E-state index >= 15 is 0 Å². The van der Waals surface area contributed by atoms with Gasteiger partial charge in [-0.05, 0) is 42.8 Å². The first-order valence-corrected chi connectivity index (χ1v) is 11.0. The summed E-state index contributed by atoms with van der Waals surface area (Å²) in [5.41, 5.74) is 6.47. The van der Waals surface area contributed by atoms with Gasteiger partial charge in [-0.2, -0.15) is 0 Å². The average Bonchev–Trinajstić information content (AvgIpc) is 2.81. The van der Waals surface area contributed by atoms with Crippen molar-refractivity contribution in [1.82, 2.24) is 15.1 Å². The molecule has 2 aromatic carbocycles. The minimum absolute atomic E-state index is 0.234. The number of nitrogens with one attached hydrogen (secondary N) is 2. The van der Waals surface area contributed by atoms with Crippen molar-refractivity contribution in [3.8, 4) is 5.75 Å². The van der Waals surface area contributed by atoms with E-state index in [4.69, 9.17) is 10.5 Å². The zero-order valence-corrected chi connectivity index (χ0v) is 19.3. The summed E-state index contributed by atoms with van der Waals surface area (Å²) >= 11 is 3.37. The second kappa shape index (κ2) is 11.0. The Hall–Kier alpha value is -3.11. The standard InChI is InChI=1S/C22H26BrN5O4/c1-32-18-8-2-5-15(13-18)21(30)27-11-4-12-28(20(27)19(29)25-10-9-24)22(31)26-17-7-3-6-16(23)14-17/h2-3,5-8,13-14,20H,4,9-12,24H2,1H3,(H,25,29)(H,26,31). The van der Waals surface area contributed by atoms with Gasteiger partial charge in [0.1, 0.15) is 5.75 Å². The summed E-state index contributed by atoms with van der Waals surface area (Å²) in [4.78, 5) is 42.2. The van der Waals surface area contributed by atoms with Crippen LogP contribution in [0.1, 0.15) is 16.8 Å². The van der Waals surface area contributed by atoms with E-state index < -0.39 is 18.1 Å². The summed E-state index contributed by atoms with van der Waals surface area (Å²) in [5.74, 6) is -0.297. The lowest BCUT2D eigenvalue weighted by Gasteiger charge is -2.42. The molecule has 1 saturated heterocycles. The van der Waals surface area contributed by atoms with Gasteiger partial charge in [0, 0.05) is 41.9 Å². The third-order valence-corrected chi connectivity index (χ3v) is 5.47. The smallest absolute Gasteiger partial charge is 0.323 e. The number of nitrogens with zero attached hydrogens (tertiary/aromatic N) is 2.